The maximum absolute atomic E-state index is 12.6. The first-order valence-electron chi connectivity index (χ1n) is 8.67. The first kappa shape index (κ1) is 18.6. The number of halogens is 1. The molecule has 0 spiro atoms. The molecule has 0 aliphatic carbocycles. The molecule has 5 heteroatoms. The fourth-order valence-corrected chi connectivity index (χ4v) is 4.22. The van der Waals surface area contributed by atoms with Crippen LogP contribution in [0.3, 0.4) is 0 Å². The molecule has 134 valence electrons. The summed E-state index contributed by atoms with van der Waals surface area (Å²) in [5, 5.41) is 0.537. The maximum Gasteiger partial charge on any atom is 0.279 e. The fraction of sp³-hybridized carbons (Fsp3) is 0.238. The molecular formula is C21H21ClN2OS. The lowest BCUT2D eigenvalue weighted by atomic mass is 10.1. The van der Waals surface area contributed by atoms with Crippen molar-refractivity contribution < 1.29 is 4.79 Å². The van der Waals surface area contributed by atoms with Crippen molar-refractivity contribution in [1.82, 2.24) is 4.57 Å². The highest BCUT2D eigenvalue weighted by Gasteiger charge is 2.15. The molecule has 0 bridgehead atoms. The molecule has 0 aliphatic rings. The molecule has 3 rings (SSSR count). The zero-order valence-electron chi connectivity index (χ0n) is 15.1. The molecule has 0 unspecified atom stereocenters. The van der Waals surface area contributed by atoms with Gasteiger partial charge < -0.3 is 4.57 Å². The molecule has 1 amide bonds. The summed E-state index contributed by atoms with van der Waals surface area (Å²) >= 11 is 7.58. The lowest BCUT2D eigenvalue weighted by molar-refractivity contribution is 0.0998. The number of hydrogen-bond acceptors (Lipinski definition) is 2. The van der Waals surface area contributed by atoms with Crippen molar-refractivity contribution >= 4 is 28.8 Å². The number of carbonyl (C=O) groups excluding carboxylic acids is 1. The average Bonchev–Trinajstić information content (AvgIpc) is 2.99. The minimum absolute atomic E-state index is 0.269. The number of rotatable bonds is 4. The van der Waals surface area contributed by atoms with E-state index in [0.717, 1.165) is 29.0 Å². The van der Waals surface area contributed by atoms with Crippen LogP contribution in [0.1, 0.15) is 34.6 Å². The van der Waals surface area contributed by atoms with E-state index in [1.807, 2.05) is 0 Å². The third-order valence-electron chi connectivity index (χ3n) is 4.21. The molecule has 0 radical (unpaired) electrons. The van der Waals surface area contributed by atoms with Crippen LogP contribution in [0.5, 0.6) is 0 Å². The number of benzene rings is 2. The minimum atomic E-state index is -0.269. The van der Waals surface area contributed by atoms with E-state index in [4.69, 9.17) is 11.6 Å². The Kier molecular flexibility index (Phi) is 5.74. The molecule has 0 atom stereocenters. The summed E-state index contributed by atoms with van der Waals surface area (Å²) < 4.78 is 2.12. The van der Waals surface area contributed by atoms with E-state index < -0.39 is 0 Å². The molecule has 3 nitrogen and oxygen atoms in total. The van der Waals surface area contributed by atoms with Crippen LogP contribution in [0.25, 0.3) is 11.3 Å². The van der Waals surface area contributed by atoms with Gasteiger partial charge in [0, 0.05) is 22.0 Å². The Hall–Kier alpha value is -2.17. The second-order valence-corrected chi connectivity index (χ2v) is 7.55. The van der Waals surface area contributed by atoms with Crippen LogP contribution < -0.4 is 4.80 Å². The summed E-state index contributed by atoms with van der Waals surface area (Å²) in [6.07, 6.45) is 0.898. The molecule has 26 heavy (non-hydrogen) atoms. The molecular weight excluding hydrogens is 364 g/mol. The predicted molar refractivity (Wildman–Crippen MR) is 109 cm³/mol. The third kappa shape index (κ3) is 3.81. The molecule has 3 aromatic rings. The van der Waals surface area contributed by atoms with Crippen molar-refractivity contribution in [3.05, 3.63) is 74.4 Å². The molecule has 1 heterocycles. The Morgan fingerprint density at radius 3 is 2.50 bits per heavy atom. The number of thiazole rings is 1. The molecule has 0 saturated carbocycles. The largest absolute Gasteiger partial charge is 0.316 e. The lowest BCUT2D eigenvalue weighted by Crippen LogP contribution is -2.17. The highest BCUT2D eigenvalue weighted by molar-refractivity contribution is 7.09. The van der Waals surface area contributed by atoms with Gasteiger partial charge in [0.2, 0.25) is 0 Å². The summed E-state index contributed by atoms with van der Waals surface area (Å²) in [6, 6.07) is 15.4. The van der Waals surface area contributed by atoms with Gasteiger partial charge in [-0.3, -0.25) is 4.79 Å². The van der Waals surface area contributed by atoms with Crippen LogP contribution in [0.4, 0.5) is 0 Å². The Labute approximate surface area is 162 Å². The summed E-state index contributed by atoms with van der Waals surface area (Å²) in [7, 11) is 0. The van der Waals surface area contributed by atoms with Gasteiger partial charge in [-0.2, -0.15) is 4.99 Å². The molecule has 1 aromatic heterocycles. The highest BCUT2D eigenvalue weighted by atomic mass is 35.5. The van der Waals surface area contributed by atoms with Gasteiger partial charge in [0.25, 0.3) is 5.91 Å². The molecule has 0 N–H and O–H groups in total. The van der Waals surface area contributed by atoms with Gasteiger partial charge in [0.05, 0.1) is 5.69 Å². The first-order valence-corrected chi connectivity index (χ1v) is 9.87. The first-order chi connectivity index (χ1) is 12.5. The number of aryl methyl sites for hydroxylation is 2. The maximum atomic E-state index is 12.6. The number of hydrogen-bond donors (Lipinski definition) is 0. The second kappa shape index (κ2) is 8.02. The van der Waals surface area contributed by atoms with Crippen LogP contribution in [-0.2, 0) is 13.0 Å². The van der Waals surface area contributed by atoms with Gasteiger partial charge in [-0.25, -0.2) is 0 Å². The van der Waals surface area contributed by atoms with E-state index >= 15 is 0 Å². The van der Waals surface area contributed by atoms with E-state index in [-0.39, 0.29) is 5.91 Å². The van der Waals surface area contributed by atoms with Crippen molar-refractivity contribution in [2.24, 2.45) is 4.99 Å². The van der Waals surface area contributed by atoms with Gasteiger partial charge in [0.1, 0.15) is 0 Å². The van der Waals surface area contributed by atoms with Crippen molar-refractivity contribution in [2.45, 2.75) is 33.7 Å². The number of nitrogens with zero attached hydrogens (tertiary/aromatic N) is 2. The Morgan fingerprint density at radius 2 is 1.88 bits per heavy atom. The van der Waals surface area contributed by atoms with Gasteiger partial charge >= 0.3 is 0 Å². The fourth-order valence-electron chi connectivity index (χ4n) is 2.88. The Balaban J connectivity index is 2.13. The van der Waals surface area contributed by atoms with Crippen LogP contribution in [-0.4, -0.2) is 10.5 Å². The van der Waals surface area contributed by atoms with Crippen molar-refractivity contribution in [1.29, 1.82) is 0 Å². The zero-order valence-corrected chi connectivity index (χ0v) is 16.7. The van der Waals surface area contributed by atoms with Crippen molar-refractivity contribution in [2.75, 3.05) is 0 Å². The van der Waals surface area contributed by atoms with E-state index in [1.165, 1.54) is 10.4 Å². The molecule has 2 aromatic carbocycles. The summed E-state index contributed by atoms with van der Waals surface area (Å²) in [5.74, 6) is -0.269. The molecule has 0 fully saturated rings. The van der Waals surface area contributed by atoms with Gasteiger partial charge in [0.15, 0.2) is 4.80 Å². The summed E-state index contributed by atoms with van der Waals surface area (Å²) in [6.45, 7) is 7.04. The smallest absolute Gasteiger partial charge is 0.279 e. The lowest BCUT2D eigenvalue weighted by Gasteiger charge is -2.09. The summed E-state index contributed by atoms with van der Waals surface area (Å²) in [4.78, 5) is 18.9. The number of aromatic nitrogens is 1. The third-order valence-corrected chi connectivity index (χ3v) is 5.67. The van der Waals surface area contributed by atoms with E-state index in [2.05, 4.69) is 54.6 Å². The topological polar surface area (TPSA) is 34.4 Å². The quantitative estimate of drug-likeness (QED) is 0.584. The van der Waals surface area contributed by atoms with Gasteiger partial charge in [-0.15, -0.1) is 11.3 Å². The van der Waals surface area contributed by atoms with E-state index in [9.17, 15) is 4.79 Å². The van der Waals surface area contributed by atoms with E-state index in [0.29, 0.717) is 10.6 Å². The van der Waals surface area contributed by atoms with Crippen LogP contribution >= 0.6 is 22.9 Å². The summed E-state index contributed by atoms with van der Waals surface area (Å²) in [5.41, 5.74) is 4.04. The molecule has 0 saturated heterocycles. The Morgan fingerprint density at radius 1 is 1.15 bits per heavy atom. The zero-order chi connectivity index (χ0) is 18.7. The van der Waals surface area contributed by atoms with Crippen LogP contribution in [0, 0.1) is 6.92 Å². The van der Waals surface area contributed by atoms with E-state index in [1.54, 1.807) is 35.6 Å². The number of carbonyl (C=O) groups is 1. The molecule has 0 aliphatic heterocycles. The van der Waals surface area contributed by atoms with Gasteiger partial charge in [-0.1, -0.05) is 54.4 Å². The average molecular weight is 385 g/mol. The van der Waals surface area contributed by atoms with Crippen LogP contribution in [0.2, 0.25) is 5.02 Å². The Bertz CT molecular complexity index is 1000. The second-order valence-electron chi connectivity index (χ2n) is 6.05. The van der Waals surface area contributed by atoms with Crippen molar-refractivity contribution in [3.63, 3.8) is 0 Å². The van der Waals surface area contributed by atoms with Gasteiger partial charge in [-0.05, 0) is 44.0 Å². The number of amides is 1. The predicted octanol–water partition coefficient (Wildman–Crippen LogP) is 5.50. The van der Waals surface area contributed by atoms with Crippen LogP contribution in [0.15, 0.2) is 53.5 Å². The highest BCUT2D eigenvalue weighted by Crippen LogP contribution is 2.27. The van der Waals surface area contributed by atoms with Crippen molar-refractivity contribution in [3.8, 4) is 11.3 Å². The monoisotopic (exact) mass is 384 g/mol. The standard InChI is InChI=1S/C21H21ClN2OS/c1-4-18-19(15-11-9-14(3)10-12-15)24(5-2)21(26-18)23-20(25)16-7-6-8-17(22)13-16/h6-13H,4-5H2,1-3H3. The minimum Gasteiger partial charge on any atom is -0.316 e. The normalized spacial score (nSPS) is 11.8. The SMILES string of the molecule is CCc1sc(=NC(=O)c2cccc(Cl)c2)n(CC)c1-c1ccc(C)cc1.